The number of anilines is 2. The van der Waals surface area contributed by atoms with Crippen molar-refractivity contribution >= 4 is 50.3 Å². The van der Waals surface area contributed by atoms with E-state index in [0.717, 1.165) is 28.1 Å². The molecule has 0 spiro atoms. The van der Waals surface area contributed by atoms with Gasteiger partial charge in [0.15, 0.2) is 5.88 Å². The number of hydrogen-bond donors (Lipinski definition) is 0. The minimum Gasteiger partial charge on any atom is -0.744 e. The Hall–Kier alpha value is -1.83. The molecular formula is C20H18Cl2N2O3S. The lowest BCUT2D eigenvalue weighted by molar-refractivity contribution is -0.790. The van der Waals surface area contributed by atoms with Crippen molar-refractivity contribution in [2.45, 2.75) is 6.42 Å². The molecule has 2 aromatic carbocycles. The Kier molecular flexibility index (Phi) is 4.80. The standard InChI is InChI=1S/C20H18Cl2N2O3S/c1-24(13-28(25,26)27)11-14-8-9-23(19-5-3-2-4-18(19)22)20-10-15(21)6-7-16(20)17(14)12-24/h2-7,10-12H,8-9,13H2,1H3. The van der Waals surface area contributed by atoms with Gasteiger partial charge in [-0.3, -0.25) is 4.48 Å². The average molecular weight is 437 g/mol. The first-order valence-electron chi connectivity index (χ1n) is 8.71. The lowest BCUT2D eigenvalue weighted by Gasteiger charge is -2.27. The van der Waals surface area contributed by atoms with Gasteiger partial charge in [-0.1, -0.05) is 41.4 Å². The van der Waals surface area contributed by atoms with Crippen LogP contribution in [0.5, 0.6) is 0 Å². The summed E-state index contributed by atoms with van der Waals surface area (Å²) in [6.07, 6.45) is 4.35. The first kappa shape index (κ1) is 19.5. The molecule has 0 saturated carbocycles. The minimum absolute atomic E-state index is 0.0648. The Morgan fingerprint density at radius 1 is 1.11 bits per heavy atom. The van der Waals surface area contributed by atoms with E-state index < -0.39 is 16.0 Å². The van der Waals surface area contributed by atoms with Crippen molar-refractivity contribution in [2.75, 3.05) is 24.4 Å². The molecular weight excluding hydrogens is 419 g/mol. The molecule has 0 N–H and O–H groups in total. The van der Waals surface area contributed by atoms with Crippen LogP contribution in [-0.4, -0.2) is 36.9 Å². The summed E-state index contributed by atoms with van der Waals surface area (Å²) in [5, 5.41) is 1.24. The average Bonchev–Trinajstić information content (AvgIpc) is 2.84. The van der Waals surface area contributed by atoms with Crippen LogP contribution in [-0.2, 0) is 10.1 Å². The molecule has 0 amide bonds. The maximum atomic E-state index is 11.4. The number of allylic oxidation sites excluding steroid dienone is 1. The van der Waals surface area contributed by atoms with E-state index in [9.17, 15) is 13.0 Å². The molecule has 4 rings (SSSR count). The van der Waals surface area contributed by atoms with Crippen LogP contribution < -0.4 is 4.90 Å². The first-order valence-corrected chi connectivity index (χ1v) is 11.0. The molecule has 0 bridgehead atoms. The van der Waals surface area contributed by atoms with Gasteiger partial charge in [0.05, 0.1) is 23.4 Å². The van der Waals surface area contributed by atoms with Gasteiger partial charge in [-0.15, -0.1) is 0 Å². The molecule has 8 heteroatoms. The number of quaternary nitrogens is 1. The maximum absolute atomic E-state index is 11.4. The lowest BCUT2D eigenvalue weighted by atomic mass is 9.99. The molecule has 0 aromatic heterocycles. The zero-order valence-corrected chi connectivity index (χ0v) is 17.4. The normalized spacial score (nSPS) is 21.5. The van der Waals surface area contributed by atoms with E-state index >= 15 is 0 Å². The van der Waals surface area contributed by atoms with E-state index in [1.807, 2.05) is 54.9 Å². The van der Waals surface area contributed by atoms with Crippen molar-refractivity contribution in [2.24, 2.45) is 0 Å². The topological polar surface area (TPSA) is 60.4 Å². The Morgan fingerprint density at radius 2 is 1.86 bits per heavy atom. The maximum Gasteiger partial charge on any atom is 0.177 e. The molecule has 1 unspecified atom stereocenters. The van der Waals surface area contributed by atoms with Crippen molar-refractivity contribution < 1.29 is 17.5 Å². The zero-order chi connectivity index (χ0) is 20.1. The number of fused-ring (bicyclic) bond motifs is 3. The molecule has 0 saturated heterocycles. The molecule has 2 aliphatic rings. The minimum atomic E-state index is -4.38. The van der Waals surface area contributed by atoms with Gasteiger partial charge in [-0.2, -0.15) is 0 Å². The highest BCUT2D eigenvalue weighted by atomic mass is 35.5. The fraction of sp³-hybridized carbons (Fsp3) is 0.200. The smallest absolute Gasteiger partial charge is 0.177 e. The molecule has 2 heterocycles. The molecule has 28 heavy (non-hydrogen) atoms. The summed E-state index contributed by atoms with van der Waals surface area (Å²) in [5.41, 5.74) is 4.64. The van der Waals surface area contributed by atoms with Gasteiger partial charge in [-0.05, 0) is 30.7 Å². The van der Waals surface area contributed by atoms with Crippen LogP contribution in [0.15, 0.2) is 60.4 Å². The second kappa shape index (κ2) is 6.90. The summed E-state index contributed by atoms with van der Waals surface area (Å²) in [7, 11) is -2.66. The van der Waals surface area contributed by atoms with Gasteiger partial charge in [0.25, 0.3) is 0 Å². The van der Waals surface area contributed by atoms with Crippen LogP contribution in [0.1, 0.15) is 12.0 Å². The van der Waals surface area contributed by atoms with Gasteiger partial charge in [-0.25, -0.2) is 8.42 Å². The third-order valence-electron chi connectivity index (χ3n) is 4.95. The highest BCUT2D eigenvalue weighted by molar-refractivity contribution is 7.85. The van der Waals surface area contributed by atoms with Crippen LogP contribution in [0.4, 0.5) is 11.4 Å². The lowest BCUT2D eigenvalue weighted by Crippen LogP contribution is -2.36. The van der Waals surface area contributed by atoms with E-state index in [1.54, 1.807) is 7.05 Å². The molecule has 2 aromatic rings. The van der Waals surface area contributed by atoms with Crippen LogP contribution in [0, 0.1) is 0 Å². The summed E-state index contributed by atoms with van der Waals surface area (Å²) >= 11 is 12.7. The number of benzene rings is 2. The highest BCUT2D eigenvalue weighted by Crippen LogP contribution is 2.46. The Balaban J connectivity index is 1.87. The number of para-hydroxylation sites is 1. The SMILES string of the molecule is C[N+]1(CS(=O)(=O)[O-])C=C2CCN(c3ccccc3Cl)c3cc(Cl)ccc3C2=C1. The summed E-state index contributed by atoms with van der Waals surface area (Å²) in [6.45, 7) is 0.643. The number of hydrogen-bond acceptors (Lipinski definition) is 4. The van der Waals surface area contributed by atoms with E-state index in [4.69, 9.17) is 23.2 Å². The van der Waals surface area contributed by atoms with Gasteiger partial charge in [0, 0.05) is 28.3 Å². The summed E-state index contributed by atoms with van der Waals surface area (Å²) in [6, 6.07) is 13.2. The van der Waals surface area contributed by atoms with Crippen molar-refractivity contribution in [3.8, 4) is 0 Å². The summed E-state index contributed by atoms with van der Waals surface area (Å²) in [4.78, 5) is 2.12. The van der Waals surface area contributed by atoms with Crippen LogP contribution in [0.2, 0.25) is 10.0 Å². The van der Waals surface area contributed by atoms with Crippen LogP contribution >= 0.6 is 23.2 Å². The van der Waals surface area contributed by atoms with E-state index in [2.05, 4.69) is 4.90 Å². The fourth-order valence-corrected chi connectivity index (χ4v) is 5.16. The quantitative estimate of drug-likeness (QED) is 0.515. The molecule has 5 nitrogen and oxygen atoms in total. The largest absolute Gasteiger partial charge is 0.744 e. The van der Waals surface area contributed by atoms with Crippen LogP contribution in [0.3, 0.4) is 0 Å². The predicted molar refractivity (Wildman–Crippen MR) is 111 cm³/mol. The van der Waals surface area contributed by atoms with E-state index in [0.29, 0.717) is 23.0 Å². The molecule has 146 valence electrons. The second-order valence-corrected chi connectivity index (χ2v) is 9.46. The molecule has 0 aliphatic carbocycles. The van der Waals surface area contributed by atoms with Crippen molar-refractivity contribution in [3.63, 3.8) is 0 Å². The predicted octanol–water partition coefficient (Wildman–Crippen LogP) is 4.72. The summed E-state index contributed by atoms with van der Waals surface area (Å²) in [5.74, 6) is -0.517. The number of halogens is 2. The third-order valence-corrected chi connectivity index (χ3v) is 6.37. The van der Waals surface area contributed by atoms with Gasteiger partial charge < -0.3 is 9.45 Å². The number of rotatable bonds is 3. The van der Waals surface area contributed by atoms with E-state index in [-0.39, 0.29) is 4.48 Å². The zero-order valence-electron chi connectivity index (χ0n) is 15.1. The molecule has 1 atom stereocenters. The van der Waals surface area contributed by atoms with Gasteiger partial charge in [0.1, 0.15) is 22.5 Å². The Bertz CT molecular complexity index is 1130. The Morgan fingerprint density at radius 3 is 2.57 bits per heavy atom. The second-order valence-electron chi connectivity index (χ2n) is 7.25. The van der Waals surface area contributed by atoms with Gasteiger partial charge in [0.2, 0.25) is 0 Å². The van der Waals surface area contributed by atoms with Crippen LogP contribution in [0.25, 0.3) is 5.57 Å². The molecule has 0 fully saturated rings. The fourth-order valence-electron chi connectivity index (χ4n) is 3.93. The monoisotopic (exact) mass is 436 g/mol. The Labute approximate surface area is 174 Å². The summed E-state index contributed by atoms with van der Waals surface area (Å²) < 4.78 is 34.0. The molecule has 0 radical (unpaired) electrons. The third kappa shape index (κ3) is 3.71. The first-order chi connectivity index (χ1) is 13.2. The number of nitrogens with zero attached hydrogens (tertiary/aromatic N) is 2. The highest BCUT2D eigenvalue weighted by Gasteiger charge is 2.35. The van der Waals surface area contributed by atoms with Crippen molar-refractivity contribution in [1.82, 2.24) is 0 Å². The van der Waals surface area contributed by atoms with E-state index in [1.165, 1.54) is 0 Å². The van der Waals surface area contributed by atoms with Crippen molar-refractivity contribution in [1.29, 1.82) is 0 Å². The molecule has 2 aliphatic heterocycles. The van der Waals surface area contributed by atoms with Crippen molar-refractivity contribution in [3.05, 3.63) is 76.0 Å². The van der Waals surface area contributed by atoms with Gasteiger partial charge >= 0.3 is 0 Å².